The van der Waals surface area contributed by atoms with Gasteiger partial charge in [0.1, 0.15) is 5.82 Å². The average Bonchev–Trinajstić information content (AvgIpc) is 2.96. The molecular formula is C32H33FIN3O3Si. The van der Waals surface area contributed by atoms with Crippen LogP contribution in [-0.4, -0.2) is 44.0 Å². The van der Waals surface area contributed by atoms with Crippen molar-refractivity contribution in [1.82, 2.24) is 10.0 Å². The summed E-state index contributed by atoms with van der Waals surface area (Å²) in [5.74, 6) is -0.682. The summed E-state index contributed by atoms with van der Waals surface area (Å²) in [7, 11) is -2.71. The Morgan fingerprint density at radius 2 is 1.61 bits per heavy atom. The van der Waals surface area contributed by atoms with Crippen LogP contribution >= 0.6 is 22.6 Å². The topological polar surface area (TPSA) is 63.7 Å². The maximum Gasteiger partial charge on any atom is 0.279 e. The van der Waals surface area contributed by atoms with Crippen LogP contribution in [0.15, 0.2) is 91.3 Å². The third kappa shape index (κ3) is 6.08. The number of nitrogens with zero attached hydrogens (tertiary/aromatic N) is 2. The number of carbonyl (C=O) groups is 1. The third-order valence-corrected chi connectivity index (χ3v) is 13.0. The van der Waals surface area contributed by atoms with Crippen molar-refractivity contribution in [2.24, 2.45) is 0 Å². The van der Waals surface area contributed by atoms with Gasteiger partial charge >= 0.3 is 0 Å². The van der Waals surface area contributed by atoms with E-state index in [0.29, 0.717) is 30.8 Å². The van der Waals surface area contributed by atoms with Crippen LogP contribution < -0.4 is 15.7 Å². The standard InChI is InChI=1S/C32H33FIN3O3Si/c1-32(2,3)41(25-10-6-4-7-11-25,26-12-8-5-9-13-26)40-19-18-39-37-17-16-23-21-35-22-29(30(23)31(37)38)36-28-15-14-24(34)20-27(28)33/h4-15,20-22,36H,16-19H2,1-3H3. The molecule has 0 radical (unpaired) electrons. The molecule has 6 nitrogen and oxygen atoms in total. The number of aromatic nitrogens is 1. The van der Waals surface area contributed by atoms with Crippen molar-refractivity contribution in [3.8, 4) is 0 Å². The highest BCUT2D eigenvalue weighted by Gasteiger charge is 2.50. The Bertz CT molecular complexity index is 1480. The fourth-order valence-electron chi connectivity index (χ4n) is 5.45. The molecular weight excluding hydrogens is 648 g/mol. The summed E-state index contributed by atoms with van der Waals surface area (Å²) in [6.45, 7) is 7.61. The largest absolute Gasteiger partial charge is 0.405 e. The molecule has 212 valence electrons. The number of carbonyl (C=O) groups excluding carboxylic acids is 1. The zero-order valence-electron chi connectivity index (χ0n) is 23.4. The molecule has 5 rings (SSSR count). The van der Waals surface area contributed by atoms with Crippen molar-refractivity contribution < 1.29 is 18.4 Å². The summed E-state index contributed by atoms with van der Waals surface area (Å²) in [4.78, 5) is 23.9. The molecule has 0 bridgehead atoms. The number of hydrogen-bond donors (Lipinski definition) is 1. The molecule has 0 saturated carbocycles. The molecule has 4 aromatic rings. The molecule has 1 aliphatic rings. The number of fused-ring (bicyclic) bond motifs is 1. The first-order valence-corrected chi connectivity index (χ1v) is 16.6. The average molecular weight is 682 g/mol. The van der Waals surface area contributed by atoms with Gasteiger partial charge in [-0.25, -0.2) is 9.45 Å². The summed E-state index contributed by atoms with van der Waals surface area (Å²) in [6, 6.07) is 25.7. The Balaban J connectivity index is 1.33. The van der Waals surface area contributed by atoms with Gasteiger partial charge in [0.15, 0.2) is 0 Å². The van der Waals surface area contributed by atoms with E-state index in [0.717, 1.165) is 9.13 Å². The van der Waals surface area contributed by atoms with Gasteiger partial charge in [0.05, 0.1) is 42.9 Å². The Morgan fingerprint density at radius 3 is 2.22 bits per heavy atom. The van der Waals surface area contributed by atoms with Gasteiger partial charge in [0.25, 0.3) is 14.2 Å². The minimum absolute atomic E-state index is 0.159. The molecule has 2 heterocycles. The molecule has 0 saturated heterocycles. The molecule has 1 aliphatic heterocycles. The number of rotatable bonds is 9. The SMILES string of the molecule is CC(C)(C)[Si](OCCON1CCc2cncc(Nc3ccc(I)cc3F)c2C1=O)(c1ccccc1)c1ccccc1. The number of halogens is 2. The number of hydrogen-bond acceptors (Lipinski definition) is 5. The third-order valence-electron chi connectivity index (χ3n) is 7.32. The second-order valence-electron chi connectivity index (χ2n) is 11.0. The van der Waals surface area contributed by atoms with Gasteiger partial charge in [-0.3, -0.25) is 14.6 Å². The van der Waals surface area contributed by atoms with Crippen molar-refractivity contribution in [2.45, 2.75) is 32.2 Å². The van der Waals surface area contributed by atoms with Gasteiger partial charge in [0.2, 0.25) is 0 Å². The number of amides is 1. The zero-order chi connectivity index (χ0) is 29.0. The molecule has 0 atom stereocenters. The maximum absolute atomic E-state index is 14.6. The Morgan fingerprint density at radius 1 is 0.951 bits per heavy atom. The molecule has 41 heavy (non-hydrogen) atoms. The van der Waals surface area contributed by atoms with E-state index in [9.17, 15) is 9.18 Å². The summed E-state index contributed by atoms with van der Waals surface area (Å²) < 4.78 is 22.2. The molecule has 9 heteroatoms. The summed E-state index contributed by atoms with van der Waals surface area (Å²) >= 11 is 2.06. The van der Waals surface area contributed by atoms with Crippen LogP contribution in [0.2, 0.25) is 5.04 Å². The number of pyridine rings is 1. The lowest BCUT2D eigenvalue weighted by atomic mass is 10.0. The summed E-state index contributed by atoms with van der Waals surface area (Å²) in [5.41, 5.74) is 1.97. The van der Waals surface area contributed by atoms with Crippen molar-refractivity contribution in [3.63, 3.8) is 0 Å². The molecule has 1 aromatic heterocycles. The van der Waals surface area contributed by atoms with Crippen molar-refractivity contribution in [2.75, 3.05) is 25.1 Å². The highest BCUT2D eigenvalue weighted by molar-refractivity contribution is 14.1. The minimum atomic E-state index is -2.71. The molecule has 0 spiro atoms. The van der Waals surface area contributed by atoms with E-state index >= 15 is 0 Å². The number of benzene rings is 3. The minimum Gasteiger partial charge on any atom is -0.405 e. The molecule has 0 fully saturated rings. The number of nitrogens with one attached hydrogen (secondary N) is 1. The van der Waals surface area contributed by atoms with E-state index in [-0.39, 0.29) is 23.2 Å². The zero-order valence-corrected chi connectivity index (χ0v) is 26.5. The van der Waals surface area contributed by atoms with E-state index < -0.39 is 14.1 Å². The lowest BCUT2D eigenvalue weighted by Gasteiger charge is -2.43. The maximum atomic E-state index is 14.6. The smallest absolute Gasteiger partial charge is 0.279 e. The van der Waals surface area contributed by atoms with Gasteiger partial charge in [-0.15, -0.1) is 0 Å². The second kappa shape index (κ2) is 12.4. The fraction of sp³-hybridized carbons (Fsp3) is 0.250. The van der Waals surface area contributed by atoms with Crippen LogP contribution in [0.25, 0.3) is 0 Å². The van der Waals surface area contributed by atoms with Crippen molar-refractivity contribution in [1.29, 1.82) is 0 Å². The molecule has 1 N–H and O–H groups in total. The number of hydroxylamine groups is 2. The van der Waals surface area contributed by atoms with Gasteiger partial charge < -0.3 is 9.74 Å². The Hall–Kier alpha value is -3.12. The monoisotopic (exact) mass is 681 g/mol. The van der Waals surface area contributed by atoms with Crippen LogP contribution in [0, 0.1) is 9.39 Å². The first-order chi connectivity index (χ1) is 19.7. The van der Waals surface area contributed by atoms with Crippen LogP contribution in [0.1, 0.15) is 36.7 Å². The van der Waals surface area contributed by atoms with Crippen molar-refractivity contribution in [3.05, 3.63) is 112 Å². The van der Waals surface area contributed by atoms with E-state index in [2.05, 4.69) is 102 Å². The van der Waals surface area contributed by atoms with E-state index in [4.69, 9.17) is 9.26 Å². The molecule has 0 unspecified atom stereocenters. The quantitative estimate of drug-likeness (QED) is 0.132. The lowest BCUT2D eigenvalue weighted by Crippen LogP contribution is -2.66. The molecule has 0 aliphatic carbocycles. The predicted octanol–water partition coefficient (Wildman–Crippen LogP) is 6.08. The first-order valence-electron chi connectivity index (χ1n) is 13.6. The molecule has 3 aromatic carbocycles. The van der Waals surface area contributed by atoms with Crippen LogP contribution in [0.3, 0.4) is 0 Å². The van der Waals surface area contributed by atoms with Gasteiger partial charge in [-0.05, 0) is 68.2 Å². The summed E-state index contributed by atoms with van der Waals surface area (Å²) in [6.07, 6.45) is 3.81. The van der Waals surface area contributed by atoms with Crippen LogP contribution in [0.5, 0.6) is 0 Å². The van der Waals surface area contributed by atoms with Gasteiger partial charge in [0, 0.05) is 9.77 Å². The van der Waals surface area contributed by atoms with E-state index in [1.165, 1.54) is 21.5 Å². The normalized spacial score (nSPS) is 13.7. The van der Waals surface area contributed by atoms with Crippen molar-refractivity contribution >= 4 is 58.6 Å². The highest BCUT2D eigenvalue weighted by Crippen LogP contribution is 2.37. The lowest BCUT2D eigenvalue weighted by molar-refractivity contribution is -0.131. The van der Waals surface area contributed by atoms with E-state index in [1.807, 2.05) is 12.1 Å². The van der Waals surface area contributed by atoms with Crippen LogP contribution in [0.4, 0.5) is 15.8 Å². The molecule has 1 amide bonds. The summed E-state index contributed by atoms with van der Waals surface area (Å²) in [5, 5.41) is 6.65. The first kappa shape index (κ1) is 29.4. The Labute approximate surface area is 255 Å². The van der Waals surface area contributed by atoms with Gasteiger partial charge in [-0.2, -0.15) is 0 Å². The second-order valence-corrected chi connectivity index (χ2v) is 16.5. The Kier molecular flexibility index (Phi) is 8.88. The van der Waals surface area contributed by atoms with Crippen LogP contribution in [-0.2, 0) is 15.7 Å². The number of anilines is 2. The highest BCUT2D eigenvalue weighted by atomic mass is 127. The predicted molar refractivity (Wildman–Crippen MR) is 171 cm³/mol. The van der Waals surface area contributed by atoms with E-state index in [1.54, 1.807) is 24.5 Å². The fourth-order valence-corrected chi connectivity index (χ4v) is 10.5. The van der Waals surface area contributed by atoms with Gasteiger partial charge in [-0.1, -0.05) is 81.4 Å².